The highest BCUT2D eigenvalue weighted by Gasteiger charge is 2.20. The van der Waals surface area contributed by atoms with Gasteiger partial charge in [0.1, 0.15) is 22.4 Å². The van der Waals surface area contributed by atoms with Crippen LogP contribution >= 0.6 is 0 Å². The molecular formula is C46H55BrFN15O8. The van der Waals surface area contributed by atoms with Crippen LogP contribution in [0.5, 0.6) is 0 Å². The van der Waals surface area contributed by atoms with Crippen LogP contribution in [-0.2, 0) is 26.2 Å². The van der Waals surface area contributed by atoms with Crippen LogP contribution < -0.4 is 55.5 Å². The van der Waals surface area contributed by atoms with Crippen molar-refractivity contribution in [2.24, 2.45) is 22.9 Å². The third-order valence-electron chi connectivity index (χ3n) is 9.46. The van der Waals surface area contributed by atoms with Crippen LogP contribution in [-0.4, -0.2) is 80.3 Å². The first-order valence-electron chi connectivity index (χ1n) is 21.0. The molecule has 0 atom stereocenters. The average molecular weight is 1040 g/mol. The van der Waals surface area contributed by atoms with Crippen molar-refractivity contribution < 1.29 is 59.9 Å². The van der Waals surface area contributed by atoms with E-state index in [4.69, 9.17) is 33.8 Å². The predicted octanol–water partition coefficient (Wildman–Crippen LogP) is 1.30. The lowest BCUT2D eigenvalue weighted by Gasteiger charge is -2.08. The predicted molar refractivity (Wildman–Crippen MR) is 261 cm³/mol. The molecule has 23 nitrogen and oxygen atoms in total. The Morgan fingerprint density at radius 3 is 1.85 bits per heavy atom. The summed E-state index contributed by atoms with van der Waals surface area (Å²) in [7, 11) is 0. The van der Waals surface area contributed by atoms with Crippen molar-refractivity contribution in [3.63, 3.8) is 0 Å². The van der Waals surface area contributed by atoms with Crippen molar-refractivity contribution in [3.8, 4) is 0 Å². The number of allylic oxidation sites excluding steroid dienone is 2. The molecule has 0 saturated carbocycles. The normalized spacial score (nSPS) is 10.0. The first-order valence-corrected chi connectivity index (χ1v) is 21.0. The molecule has 0 aliphatic carbocycles. The van der Waals surface area contributed by atoms with E-state index in [1.54, 1.807) is 72.3 Å². The summed E-state index contributed by atoms with van der Waals surface area (Å²) in [5, 5.41) is 30.0. The minimum absolute atomic E-state index is 0. The quantitative estimate of drug-likeness (QED) is 0.0330. The van der Waals surface area contributed by atoms with Crippen LogP contribution in [0.25, 0.3) is 22.1 Å². The second-order valence-electron chi connectivity index (χ2n) is 14.5. The number of aromatic carboxylic acids is 1. The number of aromatic nitrogens is 8. The van der Waals surface area contributed by atoms with Crippen LogP contribution in [0.1, 0.15) is 77.3 Å². The van der Waals surface area contributed by atoms with Crippen LogP contribution in [0, 0.1) is 29.8 Å². The first kappa shape index (κ1) is 58.3. The summed E-state index contributed by atoms with van der Waals surface area (Å²) >= 11 is 0. The maximum absolute atomic E-state index is 12.7. The van der Waals surface area contributed by atoms with E-state index in [1.165, 1.54) is 4.68 Å². The number of nitro groups is 1. The number of anilines is 2. The molecule has 0 spiro atoms. The molecule has 71 heavy (non-hydrogen) atoms. The standard InChI is InChI=1S/C18H20N6O2.C11H12N4O.C7H5FN2O3.C7H10N2O2.C3H7N.BrH/c1-4-8-23-14-7-6-12(16(19)25)10-13(14)20-18(23)21-17(26)15-9-11(3)22-24(15)5-2;1-2-5-15-9-4-3-7(10(12)16)6-8(9)14-11(15)13;8-5-2-1-4(7(9)11)3-6(5)10(12)13;1-3-9-6(7(10)11)4-5(2)8-9;1-2-3-4;/h4,6-7,9-10H,1,5,8H2,2-3H3,(H2,19,25)(H,20,21,26);2-4,6H,1,5H2,(H4,12,13,14,16);1-3H,(H2,9,11);4H,3H2,1-2H3,(H,10,11);2H,1,3-4H2;1H. The molecule has 4 heterocycles. The van der Waals surface area contributed by atoms with Crippen molar-refractivity contribution in [1.29, 1.82) is 0 Å². The molecule has 0 aliphatic rings. The van der Waals surface area contributed by atoms with Gasteiger partial charge in [-0.15, -0.1) is 13.2 Å². The van der Waals surface area contributed by atoms with Gasteiger partial charge in [-0.25, -0.2) is 19.3 Å². The van der Waals surface area contributed by atoms with Gasteiger partial charge in [-0.2, -0.15) is 14.6 Å². The number of H-pyrrole nitrogens is 1. The highest BCUT2D eigenvalue weighted by molar-refractivity contribution is 6.03. The number of nitro benzene ring substituents is 1. The topological polar surface area (TPSA) is 364 Å². The molecule has 3 aromatic carbocycles. The SMILES string of the molecule is C=CCN.C=CC[n+]1c(N)[nH]c2cc(C(N)=O)ccc21.C=CCn1c(NC(=O)c2cc(C)nn2CC)nc2cc(C(N)=O)ccc21.CCn1nc(C)cc1C(=O)O.NC(=O)c1ccc(F)c([N+](=O)[O-])c1.[Br-]. The smallest absolute Gasteiger partial charge is 0.354 e. The number of carboxylic acids is 1. The number of amides is 4. The minimum Gasteiger partial charge on any atom is -1.00 e. The molecule has 0 radical (unpaired) electrons. The fraction of sp³-hybridized carbons (Fsp3) is 0.196. The molecule has 13 N–H and O–H groups in total. The zero-order valence-electron chi connectivity index (χ0n) is 39.3. The van der Waals surface area contributed by atoms with Gasteiger partial charge in [0.25, 0.3) is 5.91 Å². The molecule has 25 heteroatoms. The Balaban J connectivity index is 0.000000332. The molecule has 0 bridgehead atoms. The minimum atomic E-state index is -0.991. The van der Waals surface area contributed by atoms with Gasteiger partial charge >= 0.3 is 17.6 Å². The second kappa shape index (κ2) is 27.2. The number of primary amides is 3. The van der Waals surface area contributed by atoms with E-state index in [2.05, 4.69) is 45.2 Å². The molecule has 4 amide bonds. The summed E-state index contributed by atoms with van der Waals surface area (Å²) in [5.74, 6) is -3.14. The zero-order valence-corrected chi connectivity index (χ0v) is 40.9. The molecule has 0 aliphatic heterocycles. The number of rotatable bonds is 14. The summed E-state index contributed by atoms with van der Waals surface area (Å²) < 4.78 is 19.5. The molecule has 7 rings (SSSR count). The Bertz CT molecular complexity index is 3080. The maximum atomic E-state index is 12.7. The third-order valence-corrected chi connectivity index (χ3v) is 9.46. The number of nitrogens with one attached hydrogen (secondary N) is 2. The van der Waals surface area contributed by atoms with Gasteiger partial charge < -0.3 is 49.6 Å². The van der Waals surface area contributed by atoms with Gasteiger partial charge in [-0.3, -0.25) is 49.7 Å². The number of nitrogens with two attached hydrogens (primary N) is 5. The summed E-state index contributed by atoms with van der Waals surface area (Å²) in [6.07, 6.45) is 5.12. The average Bonchev–Trinajstić information content (AvgIpc) is 4.08. The number of carboxylic acid groups (broad SMARTS) is 1. The number of aromatic amines is 1. The van der Waals surface area contributed by atoms with E-state index in [9.17, 15) is 38.5 Å². The number of hydrogen-bond donors (Lipinski definition) is 8. The lowest BCUT2D eigenvalue weighted by Crippen LogP contribution is -3.00. The number of imidazole rings is 2. The molecule has 0 fully saturated rings. The second-order valence-corrected chi connectivity index (χ2v) is 14.5. The Labute approximate surface area is 416 Å². The van der Waals surface area contributed by atoms with E-state index in [1.807, 2.05) is 36.0 Å². The number of benzene rings is 3. The van der Waals surface area contributed by atoms with Crippen molar-refractivity contribution in [2.45, 2.75) is 53.9 Å². The van der Waals surface area contributed by atoms with Gasteiger partial charge in [-0.05, 0) is 88.4 Å². The van der Waals surface area contributed by atoms with E-state index in [-0.39, 0.29) is 34.1 Å². The molecule has 4 aromatic heterocycles. The Hall–Kier alpha value is -8.84. The Kier molecular flexibility index (Phi) is 22.4. The summed E-state index contributed by atoms with van der Waals surface area (Å²) in [5.41, 5.74) is 31.3. The molecule has 7 aromatic rings. The van der Waals surface area contributed by atoms with E-state index < -0.39 is 40.1 Å². The van der Waals surface area contributed by atoms with Crippen molar-refractivity contribution >= 4 is 69.2 Å². The molecule has 0 saturated heterocycles. The zero-order chi connectivity index (χ0) is 52.4. The number of aryl methyl sites for hydroxylation is 4. The fourth-order valence-corrected chi connectivity index (χ4v) is 6.28. The summed E-state index contributed by atoms with van der Waals surface area (Å²) in [6.45, 7) is 21.0. The van der Waals surface area contributed by atoms with Crippen molar-refractivity contribution in [3.05, 3.63) is 160 Å². The lowest BCUT2D eigenvalue weighted by atomic mass is 10.2. The van der Waals surface area contributed by atoms with Gasteiger partial charge in [0.15, 0.2) is 0 Å². The van der Waals surface area contributed by atoms with Gasteiger partial charge in [-0.1, -0.05) is 24.8 Å². The van der Waals surface area contributed by atoms with Crippen LogP contribution in [0.15, 0.2) is 105 Å². The highest BCUT2D eigenvalue weighted by Crippen LogP contribution is 2.23. The van der Waals surface area contributed by atoms with Crippen LogP contribution in [0.2, 0.25) is 0 Å². The Morgan fingerprint density at radius 1 is 0.831 bits per heavy atom. The van der Waals surface area contributed by atoms with Crippen molar-refractivity contribution in [2.75, 3.05) is 17.6 Å². The first-order chi connectivity index (χ1) is 33.2. The van der Waals surface area contributed by atoms with Gasteiger partial charge in [0.05, 0.1) is 33.9 Å². The monoisotopic (exact) mass is 1040 g/mol. The van der Waals surface area contributed by atoms with Gasteiger partial charge in [0.2, 0.25) is 29.5 Å². The van der Waals surface area contributed by atoms with E-state index in [0.29, 0.717) is 67.0 Å². The number of hydrogen-bond acceptors (Lipinski definition) is 12. The van der Waals surface area contributed by atoms with Crippen LogP contribution in [0.3, 0.4) is 0 Å². The number of fused-ring (bicyclic) bond motifs is 2. The number of carbonyl (C=O) groups is 5. The van der Waals surface area contributed by atoms with Gasteiger partial charge in [0, 0.05) is 48.9 Å². The third kappa shape index (κ3) is 15.6. The Morgan fingerprint density at radius 2 is 1.35 bits per heavy atom. The fourth-order valence-electron chi connectivity index (χ4n) is 6.28. The molecule has 0 unspecified atom stereocenters. The van der Waals surface area contributed by atoms with E-state index >= 15 is 0 Å². The van der Waals surface area contributed by atoms with Crippen LogP contribution in [0.4, 0.5) is 22.0 Å². The highest BCUT2D eigenvalue weighted by atomic mass is 79.9. The number of nitrogen functional groups attached to an aromatic ring is 1. The molecular weight excluding hydrogens is 990 g/mol. The largest absolute Gasteiger partial charge is 1.00 e. The lowest BCUT2D eigenvalue weighted by molar-refractivity contribution is -0.645. The number of carbonyl (C=O) groups excluding carboxylic acids is 4. The summed E-state index contributed by atoms with van der Waals surface area (Å²) in [4.78, 5) is 72.9. The number of nitrogens with zero attached hydrogens (tertiary/aromatic N) is 8. The maximum Gasteiger partial charge on any atom is 0.354 e. The molecule has 376 valence electrons. The number of halogens is 2. The summed E-state index contributed by atoms with van der Waals surface area (Å²) in [6, 6.07) is 16.2. The van der Waals surface area contributed by atoms with Crippen molar-refractivity contribution in [1.82, 2.24) is 34.1 Å². The van der Waals surface area contributed by atoms with E-state index in [0.717, 1.165) is 46.1 Å².